The van der Waals surface area contributed by atoms with Gasteiger partial charge in [0.2, 0.25) is 0 Å². The van der Waals surface area contributed by atoms with Gasteiger partial charge in [0.1, 0.15) is 11.9 Å². The van der Waals surface area contributed by atoms with Gasteiger partial charge in [-0.1, -0.05) is 45.7 Å². The van der Waals surface area contributed by atoms with Crippen LogP contribution in [0.3, 0.4) is 0 Å². The zero-order valence-electron chi connectivity index (χ0n) is 12.9. The average molecular weight is 381 g/mol. The summed E-state index contributed by atoms with van der Waals surface area (Å²) >= 11 is 9.90. The van der Waals surface area contributed by atoms with Crippen LogP contribution in [-0.2, 0) is 6.42 Å². The molecule has 0 spiro atoms. The minimum Gasteiger partial charge on any atom is -0.484 e. The monoisotopic (exact) mass is 379 g/mol. The summed E-state index contributed by atoms with van der Waals surface area (Å²) in [6, 6.07) is 12.4. The molecular formula is C18H19BrClNO. The van der Waals surface area contributed by atoms with Gasteiger partial charge < -0.3 is 9.64 Å². The van der Waals surface area contributed by atoms with E-state index in [1.807, 2.05) is 30.3 Å². The minimum absolute atomic E-state index is 0.0129. The van der Waals surface area contributed by atoms with E-state index in [2.05, 4.69) is 47.9 Å². The molecule has 0 N–H and O–H groups in total. The molecule has 4 heteroatoms. The molecule has 1 aliphatic rings. The quantitative estimate of drug-likeness (QED) is 0.741. The second kappa shape index (κ2) is 6.23. The van der Waals surface area contributed by atoms with Crippen LogP contribution < -0.4 is 4.74 Å². The van der Waals surface area contributed by atoms with E-state index in [0.29, 0.717) is 6.04 Å². The second-order valence-corrected chi connectivity index (χ2v) is 7.29. The van der Waals surface area contributed by atoms with Crippen molar-refractivity contribution in [3.05, 3.63) is 62.6 Å². The molecule has 0 radical (unpaired) electrons. The summed E-state index contributed by atoms with van der Waals surface area (Å²) in [4.78, 5) is 2.23. The highest BCUT2D eigenvalue weighted by Gasteiger charge is 2.37. The molecule has 0 saturated heterocycles. The van der Waals surface area contributed by atoms with E-state index in [-0.39, 0.29) is 6.10 Å². The van der Waals surface area contributed by atoms with Gasteiger partial charge in [0.15, 0.2) is 0 Å². The highest BCUT2D eigenvalue weighted by atomic mass is 79.9. The number of fused-ring (bicyclic) bond motifs is 1. The maximum Gasteiger partial charge on any atom is 0.140 e. The lowest BCUT2D eigenvalue weighted by molar-refractivity contribution is 0.110. The predicted octanol–water partition coefficient (Wildman–Crippen LogP) is 5.02. The molecule has 116 valence electrons. The molecule has 1 aliphatic carbocycles. The lowest BCUT2D eigenvalue weighted by atomic mass is 10.1. The van der Waals surface area contributed by atoms with Crippen LogP contribution in [0, 0.1) is 6.92 Å². The van der Waals surface area contributed by atoms with E-state index in [4.69, 9.17) is 16.3 Å². The molecule has 22 heavy (non-hydrogen) atoms. The summed E-state index contributed by atoms with van der Waals surface area (Å²) < 4.78 is 7.46. The highest BCUT2D eigenvalue weighted by Crippen LogP contribution is 2.42. The molecule has 3 rings (SSSR count). The predicted molar refractivity (Wildman–Crippen MR) is 94.9 cm³/mol. The molecule has 0 amide bonds. The van der Waals surface area contributed by atoms with Crippen molar-refractivity contribution in [1.29, 1.82) is 0 Å². The number of hydrogen-bond donors (Lipinski definition) is 0. The number of benzene rings is 2. The van der Waals surface area contributed by atoms with Crippen LogP contribution in [-0.4, -0.2) is 25.0 Å². The summed E-state index contributed by atoms with van der Waals surface area (Å²) in [6.45, 7) is 2.07. The van der Waals surface area contributed by atoms with Crippen molar-refractivity contribution in [1.82, 2.24) is 4.90 Å². The summed E-state index contributed by atoms with van der Waals surface area (Å²) in [5.74, 6) is 0.934. The third-order valence-corrected chi connectivity index (χ3v) is 5.20. The van der Waals surface area contributed by atoms with E-state index in [0.717, 1.165) is 27.2 Å². The SMILES string of the molecule is Cc1ccccc1O[C@H]1c2cc(Cl)cc(Br)c2CC1N(C)C. The van der Waals surface area contributed by atoms with Gasteiger partial charge >= 0.3 is 0 Å². The molecule has 0 aromatic heterocycles. The van der Waals surface area contributed by atoms with E-state index < -0.39 is 0 Å². The average Bonchev–Trinajstić information content (AvgIpc) is 2.81. The van der Waals surface area contributed by atoms with Crippen molar-refractivity contribution in [2.45, 2.75) is 25.5 Å². The molecule has 0 bridgehead atoms. The van der Waals surface area contributed by atoms with Crippen molar-refractivity contribution in [2.75, 3.05) is 14.1 Å². The van der Waals surface area contributed by atoms with Crippen molar-refractivity contribution in [3.8, 4) is 5.75 Å². The first-order valence-electron chi connectivity index (χ1n) is 7.34. The van der Waals surface area contributed by atoms with Crippen LogP contribution in [0.2, 0.25) is 5.02 Å². The van der Waals surface area contributed by atoms with Crippen LogP contribution in [0.4, 0.5) is 0 Å². The zero-order chi connectivity index (χ0) is 15.9. The van der Waals surface area contributed by atoms with Gasteiger partial charge in [-0.05, 0) is 62.3 Å². The number of nitrogens with zero attached hydrogens (tertiary/aromatic N) is 1. The number of para-hydroxylation sites is 1. The molecule has 1 unspecified atom stereocenters. The summed E-state index contributed by atoms with van der Waals surface area (Å²) in [7, 11) is 4.19. The third kappa shape index (κ3) is 2.90. The Hall–Kier alpha value is -1.03. The van der Waals surface area contributed by atoms with Gasteiger partial charge in [0, 0.05) is 9.50 Å². The summed E-state index contributed by atoms with van der Waals surface area (Å²) in [6.07, 6.45) is 0.942. The zero-order valence-corrected chi connectivity index (χ0v) is 15.3. The van der Waals surface area contributed by atoms with Crippen molar-refractivity contribution < 1.29 is 4.74 Å². The topological polar surface area (TPSA) is 12.5 Å². The van der Waals surface area contributed by atoms with Crippen LogP contribution in [0.5, 0.6) is 5.75 Å². The van der Waals surface area contributed by atoms with Crippen molar-refractivity contribution in [2.24, 2.45) is 0 Å². The lowest BCUT2D eigenvalue weighted by Crippen LogP contribution is -2.34. The standard InChI is InChI=1S/C18H19BrClNO/c1-11-6-4-5-7-17(11)22-18-14-8-12(20)9-15(19)13(14)10-16(18)21(2)3/h4-9,16,18H,10H2,1-3H3/t16?,18-/m0/s1. The number of rotatable bonds is 3. The van der Waals surface area contributed by atoms with Gasteiger partial charge in [-0.2, -0.15) is 0 Å². The smallest absolute Gasteiger partial charge is 0.140 e. The molecule has 2 aromatic carbocycles. The first-order valence-corrected chi connectivity index (χ1v) is 8.51. The fourth-order valence-electron chi connectivity index (χ4n) is 3.04. The normalized spacial score (nSPS) is 20.3. The highest BCUT2D eigenvalue weighted by molar-refractivity contribution is 9.10. The second-order valence-electron chi connectivity index (χ2n) is 5.99. The van der Waals surface area contributed by atoms with Gasteiger partial charge in [-0.25, -0.2) is 0 Å². The number of ether oxygens (including phenoxy) is 1. The molecule has 0 heterocycles. The van der Waals surface area contributed by atoms with E-state index in [1.165, 1.54) is 11.1 Å². The van der Waals surface area contributed by atoms with E-state index in [9.17, 15) is 0 Å². The minimum atomic E-state index is -0.0129. The summed E-state index contributed by atoms with van der Waals surface area (Å²) in [5, 5.41) is 0.739. The molecule has 0 saturated carbocycles. The first kappa shape index (κ1) is 15.9. The molecule has 2 nitrogen and oxygen atoms in total. The van der Waals surface area contributed by atoms with E-state index >= 15 is 0 Å². The molecule has 0 aliphatic heterocycles. The van der Waals surface area contributed by atoms with Crippen LogP contribution in [0.25, 0.3) is 0 Å². The third-order valence-electron chi connectivity index (χ3n) is 4.27. The Morgan fingerprint density at radius 1 is 1.23 bits per heavy atom. The number of halogens is 2. The Balaban J connectivity index is 2.03. The van der Waals surface area contributed by atoms with E-state index in [1.54, 1.807) is 0 Å². The maximum absolute atomic E-state index is 6.40. The Morgan fingerprint density at radius 2 is 1.95 bits per heavy atom. The largest absolute Gasteiger partial charge is 0.484 e. The van der Waals surface area contributed by atoms with Gasteiger partial charge in [-0.15, -0.1) is 0 Å². The lowest BCUT2D eigenvalue weighted by Gasteiger charge is -2.28. The molecular weight excluding hydrogens is 362 g/mol. The fourth-order valence-corrected chi connectivity index (χ4v) is 4.03. The fraction of sp³-hybridized carbons (Fsp3) is 0.333. The number of hydrogen-bond acceptors (Lipinski definition) is 2. The van der Waals surface area contributed by atoms with Crippen LogP contribution in [0.1, 0.15) is 22.8 Å². The van der Waals surface area contributed by atoms with Crippen molar-refractivity contribution in [3.63, 3.8) is 0 Å². The Kier molecular flexibility index (Phi) is 4.49. The van der Waals surface area contributed by atoms with Gasteiger partial charge in [0.05, 0.1) is 6.04 Å². The Morgan fingerprint density at radius 3 is 2.64 bits per heavy atom. The van der Waals surface area contributed by atoms with Crippen molar-refractivity contribution >= 4 is 27.5 Å². The number of aryl methyl sites for hydroxylation is 1. The Bertz CT molecular complexity index is 701. The van der Waals surface area contributed by atoms with Crippen LogP contribution >= 0.6 is 27.5 Å². The number of likely N-dealkylation sites (N-methyl/N-ethyl adjacent to an activating group) is 1. The molecule has 2 atom stereocenters. The van der Waals surface area contributed by atoms with Gasteiger partial charge in [0.25, 0.3) is 0 Å². The summed E-state index contributed by atoms with van der Waals surface area (Å²) in [5.41, 5.74) is 3.62. The molecule has 0 fully saturated rings. The van der Waals surface area contributed by atoms with Crippen LogP contribution in [0.15, 0.2) is 40.9 Å². The first-order chi connectivity index (χ1) is 10.5. The Labute approximate surface area is 145 Å². The van der Waals surface area contributed by atoms with Gasteiger partial charge in [-0.3, -0.25) is 0 Å². The maximum atomic E-state index is 6.40. The molecule has 2 aromatic rings.